The Kier molecular flexibility index (Phi) is 4.87. The van der Waals surface area contributed by atoms with Crippen molar-refractivity contribution in [3.05, 3.63) is 53.6 Å². The zero-order chi connectivity index (χ0) is 19.8. The minimum Gasteiger partial charge on any atom is -0.482 e. The largest absolute Gasteiger partial charge is 0.482 e. The van der Waals surface area contributed by atoms with Gasteiger partial charge in [0, 0.05) is 11.8 Å². The number of rotatable bonds is 3. The molecule has 0 radical (unpaired) electrons. The molecule has 2 aromatic carbocycles. The molecular formula is C20H20F2N2O3. The van der Waals surface area contributed by atoms with Gasteiger partial charge in [0.15, 0.2) is 18.2 Å². The molecule has 1 heterocycles. The second kappa shape index (κ2) is 6.98. The normalized spacial score (nSPS) is 13.8. The van der Waals surface area contributed by atoms with E-state index in [1.54, 1.807) is 6.07 Å². The number of nitrogens with zero attached hydrogens (tertiary/aromatic N) is 1. The van der Waals surface area contributed by atoms with Crippen LogP contribution < -0.4 is 15.0 Å². The maximum atomic E-state index is 13.3. The number of nitrogens with one attached hydrogen (secondary N) is 1. The number of halogens is 2. The Hall–Kier alpha value is -2.96. The van der Waals surface area contributed by atoms with Crippen LogP contribution in [-0.2, 0) is 15.0 Å². The Balaban J connectivity index is 1.79. The molecule has 0 saturated heterocycles. The molecule has 0 unspecified atom stereocenters. The monoisotopic (exact) mass is 374 g/mol. The molecule has 0 aromatic heterocycles. The minimum atomic E-state index is -1.06. The van der Waals surface area contributed by atoms with Crippen LogP contribution in [0.15, 0.2) is 36.4 Å². The van der Waals surface area contributed by atoms with Gasteiger partial charge in [0.2, 0.25) is 5.91 Å². The third-order valence-corrected chi connectivity index (χ3v) is 4.27. The van der Waals surface area contributed by atoms with Gasteiger partial charge in [-0.15, -0.1) is 0 Å². The molecule has 27 heavy (non-hydrogen) atoms. The van der Waals surface area contributed by atoms with E-state index in [0.29, 0.717) is 11.4 Å². The average Bonchev–Trinajstić information content (AvgIpc) is 2.59. The molecule has 0 aliphatic carbocycles. The highest BCUT2D eigenvalue weighted by Crippen LogP contribution is 2.36. The van der Waals surface area contributed by atoms with Gasteiger partial charge >= 0.3 is 0 Å². The number of amides is 2. The number of anilines is 2. The fourth-order valence-electron chi connectivity index (χ4n) is 2.76. The van der Waals surface area contributed by atoms with Gasteiger partial charge in [0.25, 0.3) is 5.91 Å². The lowest BCUT2D eigenvalue weighted by atomic mass is 9.86. The molecular weight excluding hydrogens is 354 g/mol. The molecule has 1 N–H and O–H groups in total. The van der Waals surface area contributed by atoms with Crippen molar-refractivity contribution in [3.63, 3.8) is 0 Å². The van der Waals surface area contributed by atoms with Crippen LogP contribution in [0.25, 0.3) is 0 Å². The number of carbonyl (C=O) groups is 2. The van der Waals surface area contributed by atoms with Gasteiger partial charge in [-0.2, -0.15) is 0 Å². The summed E-state index contributed by atoms with van der Waals surface area (Å²) in [7, 11) is 0. The van der Waals surface area contributed by atoms with E-state index < -0.39 is 17.5 Å². The Labute approximate surface area is 155 Å². The zero-order valence-electron chi connectivity index (χ0n) is 15.3. The molecule has 1 aliphatic heterocycles. The van der Waals surface area contributed by atoms with Gasteiger partial charge in [0.1, 0.15) is 12.3 Å². The van der Waals surface area contributed by atoms with E-state index in [9.17, 15) is 18.4 Å². The van der Waals surface area contributed by atoms with Crippen molar-refractivity contribution in [3.8, 4) is 5.75 Å². The first-order valence-electron chi connectivity index (χ1n) is 8.48. The average molecular weight is 374 g/mol. The molecule has 0 saturated carbocycles. The second-order valence-corrected chi connectivity index (χ2v) is 7.38. The van der Waals surface area contributed by atoms with Crippen LogP contribution in [0.2, 0.25) is 0 Å². The topological polar surface area (TPSA) is 58.6 Å². The summed E-state index contributed by atoms with van der Waals surface area (Å²) in [4.78, 5) is 25.9. The number of ether oxygens (including phenoxy) is 1. The lowest BCUT2D eigenvalue weighted by Gasteiger charge is -2.30. The highest BCUT2D eigenvalue weighted by atomic mass is 19.2. The lowest BCUT2D eigenvalue weighted by molar-refractivity contribution is -0.123. The molecule has 2 amide bonds. The summed E-state index contributed by atoms with van der Waals surface area (Å²) >= 11 is 0. The number of hydrogen-bond donors (Lipinski definition) is 1. The molecule has 142 valence electrons. The molecule has 0 fully saturated rings. The summed E-state index contributed by atoms with van der Waals surface area (Å²) in [5.74, 6) is -2.41. The first kappa shape index (κ1) is 18.8. The van der Waals surface area contributed by atoms with Crippen LogP contribution in [0, 0.1) is 11.6 Å². The van der Waals surface area contributed by atoms with Gasteiger partial charge < -0.3 is 10.1 Å². The van der Waals surface area contributed by atoms with Crippen LogP contribution >= 0.6 is 0 Å². The Morgan fingerprint density at radius 2 is 1.89 bits per heavy atom. The first-order chi connectivity index (χ1) is 12.6. The van der Waals surface area contributed by atoms with E-state index in [1.807, 2.05) is 12.1 Å². The van der Waals surface area contributed by atoms with Crippen molar-refractivity contribution in [1.29, 1.82) is 0 Å². The summed E-state index contributed by atoms with van der Waals surface area (Å²) < 4.78 is 31.8. The van der Waals surface area contributed by atoms with Gasteiger partial charge in [0.05, 0.1) is 5.69 Å². The van der Waals surface area contributed by atoms with Crippen molar-refractivity contribution in [2.24, 2.45) is 0 Å². The summed E-state index contributed by atoms with van der Waals surface area (Å²) in [6.45, 7) is 5.77. The summed E-state index contributed by atoms with van der Waals surface area (Å²) in [5.41, 5.74) is 1.57. The van der Waals surface area contributed by atoms with E-state index >= 15 is 0 Å². The first-order valence-corrected chi connectivity index (χ1v) is 8.48. The molecule has 0 bridgehead atoms. The fourth-order valence-corrected chi connectivity index (χ4v) is 2.76. The molecule has 2 aromatic rings. The Morgan fingerprint density at radius 3 is 2.56 bits per heavy atom. The maximum absolute atomic E-state index is 13.3. The van der Waals surface area contributed by atoms with Crippen molar-refractivity contribution in [2.75, 3.05) is 23.4 Å². The van der Waals surface area contributed by atoms with Crippen molar-refractivity contribution in [2.45, 2.75) is 26.2 Å². The number of carbonyl (C=O) groups excluding carboxylic acids is 2. The van der Waals surface area contributed by atoms with Gasteiger partial charge in [-0.1, -0.05) is 26.8 Å². The van der Waals surface area contributed by atoms with Crippen molar-refractivity contribution >= 4 is 23.2 Å². The highest BCUT2D eigenvalue weighted by molar-refractivity contribution is 6.05. The Morgan fingerprint density at radius 1 is 1.15 bits per heavy atom. The lowest BCUT2D eigenvalue weighted by Crippen LogP contribution is -2.43. The van der Waals surface area contributed by atoms with Gasteiger partial charge in [-0.25, -0.2) is 8.78 Å². The highest BCUT2D eigenvalue weighted by Gasteiger charge is 2.28. The standard InChI is InChI=1S/C20H20F2N2O3/c1-20(2,3)12-4-7-16-17(8-12)27-11-19(26)24(16)10-18(25)23-13-5-6-14(21)15(22)9-13/h4-9H,10-11H2,1-3H3,(H,23,25). The van der Waals surface area contributed by atoms with Crippen molar-refractivity contribution < 1.29 is 23.1 Å². The molecule has 0 atom stereocenters. The van der Waals surface area contributed by atoms with Crippen molar-refractivity contribution in [1.82, 2.24) is 0 Å². The van der Waals surface area contributed by atoms with E-state index in [1.165, 1.54) is 11.0 Å². The van der Waals surface area contributed by atoms with E-state index in [0.717, 1.165) is 17.7 Å². The third-order valence-electron chi connectivity index (χ3n) is 4.27. The molecule has 7 heteroatoms. The predicted molar refractivity (Wildman–Crippen MR) is 98.0 cm³/mol. The van der Waals surface area contributed by atoms with Gasteiger partial charge in [-0.05, 0) is 35.2 Å². The quantitative estimate of drug-likeness (QED) is 0.893. The molecule has 3 rings (SSSR count). The molecule has 0 spiro atoms. The smallest absolute Gasteiger partial charge is 0.265 e. The molecule has 5 nitrogen and oxygen atoms in total. The zero-order valence-corrected chi connectivity index (χ0v) is 15.3. The van der Waals surface area contributed by atoms with Crippen LogP contribution in [0.4, 0.5) is 20.2 Å². The Bertz CT molecular complexity index is 907. The predicted octanol–water partition coefficient (Wildman–Crippen LogP) is 3.63. The number of benzene rings is 2. The van der Waals surface area contributed by atoms with Crippen LogP contribution in [-0.4, -0.2) is 25.0 Å². The summed E-state index contributed by atoms with van der Waals surface area (Å²) in [6.07, 6.45) is 0. The number of fused-ring (bicyclic) bond motifs is 1. The van der Waals surface area contributed by atoms with Gasteiger partial charge in [-0.3, -0.25) is 14.5 Å². The summed E-state index contributed by atoms with van der Waals surface area (Å²) in [6, 6.07) is 8.56. The van der Waals surface area contributed by atoms with Crippen LogP contribution in [0.5, 0.6) is 5.75 Å². The maximum Gasteiger partial charge on any atom is 0.265 e. The SMILES string of the molecule is CC(C)(C)c1ccc2c(c1)OCC(=O)N2CC(=O)Nc1ccc(F)c(F)c1. The second-order valence-electron chi connectivity index (χ2n) is 7.38. The fraction of sp³-hybridized carbons (Fsp3) is 0.300. The third kappa shape index (κ3) is 4.07. The number of hydrogen-bond acceptors (Lipinski definition) is 3. The van der Waals surface area contributed by atoms with Crippen LogP contribution in [0.3, 0.4) is 0 Å². The van der Waals surface area contributed by atoms with E-state index in [2.05, 4.69) is 26.1 Å². The van der Waals surface area contributed by atoms with Crippen LogP contribution in [0.1, 0.15) is 26.3 Å². The van der Waals surface area contributed by atoms with E-state index in [-0.39, 0.29) is 30.2 Å². The molecule has 1 aliphatic rings. The summed E-state index contributed by atoms with van der Waals surface area (Å²) in [5, 5.41) is 2.46. The van der Waals surface area contributed by atoms with E-state index in [4.69, 9.17) is 4.74 Å². The minimum absolute atomic E-state index is 0.0886.